The molecule has 1 unspecified atom stereocenters. The molecule has 21 heavy (non-hydrogen) atoms. The maximum atomic E-state index is 11.5. The van der Waals surface area contributed by atoms with Gasteiger partial charge in [0.05, 0.1) is 10.3 Å². The molecule has 1 heterocycles. The number of nitrogens with zero attached hydrogens (tertiary/aromatic N) is 1. The minimum absolute atomic E-state index is 0.0725. The highest BCUT2D eigenvalue weighted by atomic mass is 79.9. The first kappa shape index (κ1) is 14.5. The molecular weight excluding hydrogens is 350 g/mol. The first-order valence-corrected chi connectivity index (χ1v) is 8.61. The smallest absolute Gasteiger partial charge is 0.408 e. The molecule has 3 aromatic rings. The van der Waals surface area contributed by atoms with Gasteiger partial charge in [0, 0.05) is 11.9 Å². The molecule has 0 aliphatic heterocycles. The Morgan fingerprint density at radius 1 is 1.14 bits per heavy atom. The van der Waals surface area contributed by atoms with Gasteiger partial charge in [-0.25, -0.2) is 4.79 Å². The van der Waals surface area contributed by atoms with Crippen LogP contribution in [0.25, 0.3) is 11.1 Å². The highest BCUT2D eigenvalue weighted by molar-refractivity contribution is 9.09. The third-order valence-corrected chi connectivity index (χ3v) is 5.32. The molecular formula is C16H14BrNO2S. The van der Waals surface area contributed by atoms with Crippen molar-refractivity contribution in [3.8, 4) is 0 Å². The zero-order chi connectivity index (χ0) is 15.0. The van der Waals surface area contributed by atoms with E-state index in [0.717, 1.165) is 11.1 Å². The lowest BCUT2D eigenvalue weighted by atomic mass is 10.0. The van der Waals surface area contributed by atoms with Crippen molar-refractivity contribution < 1.29 is 4.42 Å². The van der Waals surface area contributed by atoms with Crippen LogP contribution in [0.3, 0.4) is 0 Å². The van der Waals surface area contributed by atoms with Crippen LogP contribution in [0.15, 0.2) is 56.6 Å². The molecule has 0 aliphatic rings. The van der Waals surface area contributed by atoms with Crippen LogP contribution in [-0.2, 0) is 7.05 Å². The fourth-order valence-electron chi connectivity index (χ4n) is 2.27. The van der Waals surface area contributed by atoms with Crippen LogP contribution in [0.5, 0.6) is 0 Å². The number of hydrogen-bond donors (Lipinski definition) is 0. The fourth-order valence-corrected chi connectivity index (χ4v) is 3.27. The van der Waals surface area contributed by atoms with E-state index in [9.17, 15) is 4.79 Å². The zero-order valence-electron chi connectivity index (χ0n) is 11.7. The van der Waals surface area contributed by atoms with Crippen LogP contribution >= 0.6 is 27.7 Å². The standard InChI is InChI=1S/C16H14BrNO2S/c1-18-13-8-5-11(9-14(13)20-16(18)19)15(17)10-3-6-12(21-2)7-4-10/h3-9,15H,1-2H3. The molecule has 1 atom stereocenters. The van der Waals surface area contributed by atoms with Crippen LogP contribution in [0.2, 0.25) is 0 Å². The number of oxazole rings is 1. The van der Waals surface area contributed by atoms with Gasteiger partial charge in [-0.3, -0.25) is 4.57 Å². The van der Waals surface area contributed by atoms with Crippen molar-refractivity contribution in [2.24, 2.45) is 7.05 Å². The van der Waals surface area contributed by atoms with Gasteiger partial charge < -0.3 is 4.42 Å². The topological polar surface area (TPSA) is 35.1 Å². The number of alkyl halides is 1. The number of halogens is 1. The Morgan fingerprint density at radius 3 is 2.48 bits per heavy atom. The van der Waals surface area contributed by atoms with Crippen molar-refractivity contribution >= 4 is 38.8 Å². The lowest BCUT2D eigenvalue weighted by Crippen LogP contribution is -2.08. The summed E-state index contributed by atoms with van der Waals surface area (Å²) < 4.78 is 6.75. The van der Waals surface area contributed by atoms with Gasteiger partial charge in [0.15, 0.2) is 5.58 Å². The number of aromatic nitrogens is 1. The number of thioether (sulfide) groups is 1. The quantitative estimate of drug-likeness (QED) is 0.512. The molecule has 2 aromatic carbocycles. The highest BCUT2D eigenvalue weighted by Gasteiger charge is 2.13. The Hall–Kier alpha value is -1.46. The van der Waals surface area contributed by atoms with Gasteiger partial charge in [-0.1, -0.05) is 34.1 Å². The van der Waals surface area contributed by atoms with E-state index in [1.54, 1.807) is 18.8 Å². The average molecular weight is 364 g/mol. The molecule has 3 rings (SSSR count). The molecule has 5 heteroatoms. The monoisotopic (exact) mass is 363 g/mol. The summed E-state index contributed by atoms with van der Waals surface area (Å²) in [6.45, 7) is 0. The van der Waals surface area contributed by atoms with Gasteiger partial charge >= 0.3 is 5.76 Å². The predicted octanol–water partition coefficient (Wildman–Crippen LogP) is 4.34. The second-order valence-electron chi connectivity index (χ2n) is 4.79. The van der Waals surface area contributed by atoms with Crippen molar-refractivity contribution in [1.82, 2.24) is 4.57 Å². The molecule has 0 aliphatic carbocycles. The van der Waals surface area contributed by atoms with Crippen molar-refractivity contribution in [2.45, 2.75) is 9.72 Å². The van der Waals surface area contributed by atoms with Gasteiger partial charge in [0.2, 0.25) is 0 Å². The number of aryl methyl sites for hydroxylation is 1. The number of fused-ring (bicyclic) bond motifs is 1. The first-order chi connectivity index (χ1) is 10.1. The number of hydrogen-bond acceptors (Lipinski definition) is 3. The Morgan fingerprint density at radius 2 is 1.81 bits per heavy atom. The summed E-state index contributed by atoms with van der Waals surface area (Å²) in [5, 5.41) is 0. The minimum Gasteiger partial charge on any atom is -0.408 e. The van der Waals surface area contributed by atoms with E-state index in [0.29, 0.717) is 5.58 Å². The average Bonchev–Trinajstić information content (AvgIpc) is 2.81. The zero-order valence-corrected chi connectivity index (χ0v) is 14.1. The SMILES string of the molecule is CSc1ccc(C(Br)c2ccc3c(c2)oc(=O)n3C)cc1. The van der Waals surface area contributed by atoms with Crippen LogP contribution in [-0.4, -0.2) is 10.8 Å². The van der Waals surface area contributed by atoms with E-state index in [2.05, 4.69) is 46.5 Å². The molecule has 0 radical (unpaired) electrons. The molecule has 0 bridgehead atoms. The summed E-state index contributed by atoms with van der Waals surface area (Å²) in [7, 11) is 1.71. The molecule has 108 valence electrons. The predicted molar refractivity (Wildman–Crippen MR) is 90.4 cm³/mol. The van der Waals surface area contributed by atoms with E-state index in [4.69, 9.17) is 4.42 Å². The van der Waals surface area contributed by atoms with Gasteiger partial charge in [-0.05, 0) is 41.6 Å². The van der Waals surface area contributed by atoms with Gasteiger partial charge in [0.25, 0.3) is 0 Å². The van der Waals surface area contributed by atoms with Crippen molar-refractivity contribution in [3.63, 3.8) is 0 Å². The minimum atomic E-state index is -0.336. The third-order valence-electron chi connectivity index (χ3n) is 3.52. The van der Waals surface area contributed by atoms with Gasteiger partial charge in [-0.15, -0.1) is 11.8 Å². The van der Waals surface area contributed by atoms with Crippen LogP contribution < -0.4 is 5.76 Å². The van der Waals surface area contributed by atoms with Crippen LogP contribution in [0.4, 0.5) is 0 Å². The summed E-state index contributed by atoms with van der Waals surface area (Å²) in [6.07, 6.45) is 2.06. The summed E-state index contributed by atoms with van der Waals surface area (Å²) in [4.78, 5) is 12.9. The Bertz CT molecular complexity index is 836. The molecule has 1 aromatic heterocycles. The Balaban J connectivity index is 2.00. The molecule has 0 N–H and O–H groups in total. The summed E-state index contributed by atoms with van der Waals surface area (Å²) in [6, 6.07) is 14.3. The third kappa shape index (κ3) is 2.68. The second kappa shape index (κ2) is 5.73. The Kier molecular flexibility index (Phi) is 3.95. The first-order valence-electron chi connectivity index (χ1n) is 6.47. The van der Waals surface area contributed by atoms with Crippen molar-refractivity contribution in [3.05, 3.63) is 64.1 Å². The summed E-state index contributed by atoms with van der Waals surface area (Å²) in [5.41, 5.74) is 3.66. The molecule has 3 nitrogen and oxygen atoms in total. The van der Waals surface area contributed by atoms with Gasteiger partial charge in [0.1, 0.15) is 0 Å². The molecule has 0 saturated carbocycles. The maximum Gasteiger partial charge on any atom is 0.419 e. The van der Waals surface area contributed by atoms with E-state index in [-0.39, 0.29) is 10.6 Å². The normalized spacial score (nSPS) is 12.7. The largest absolute Gasteiger partial charge is 0.419 e. The Labute approximate surface area is 135 Å². The molecule has 0 amide bonds. The molecule has 0 spiro atoms. The maximum absolute atomic E-state index is 11.5. The van der Waals surface area contributed by atoms with Crippen molar-refractivity contribution in [2.75, 3.05) is 6.26 Å². The molecule has 0 saturated heterocycles. The molecule has 0 fully saturated rings. The van der Waals surface area contributed by atoms with Gasteiger partial charge in [-0.2, -0.15) is 0 Å². The van der Waals surface area contributed by atoms with E-state index in [1.165, 1.54) is 15.0 Å². The second-order valence-corrected chi connectivity index (χ2v) is 6.59. The van der Waals surface area contributed by atoms with Crippen molar-refractivity contribution in [1.29, 1.82) is 0 Å². The number of rotatable bonds is 3. The summed E-state index contributed by atoms with van der Waals surface area (Å²) in [5.74, 6) is -0.336. The van der Waals surface area contributed by atoms with E-state index < -0.39 is 0 Å². The summed E-state index contributed by atoms with van der Waals surface area (Å²) >= 11 is 5.44. The van der Waals surface area contributed by atoms with Crippen LogP contribution in [0, 0.1) is 0 Å². The lowest BCUT2D eigenvalue weighted by molar-refractivity contribution is 0.528. The number of benzene rings is 2. The highest BCUT2D eigenvalue weighted by Crippen LogP contribution is 2.33. The van der Waals surface area contributed by atoms with E-state index >= 15 is 0 Å². The fraction of sp³-hybridized carbons (Fsp3) is 0.188. The lowest BCUT2D eigenvalue weighted by Gasteiger charge is -2.11. The van der Waals surface area contributed by atoms with Crippen LogP contribution in [0.1, 0.15) is 16.0 Å². The van der Waals surface area contributed by atoms with E-state index in [1.807, 2.05) is 18.2 Å².